The van der Waals surface area contributed by atoms with Crippen LogP contribution in [0.1, 0.15) is 155 Å². The van der Waals surface area contributed by atoms with Crippen molar-refractivity contribution in [3.8, 4) is 0 Å². The highest BCUT2D eigenvalue weighted by molar-refractivity contribution is 7.85. The van der Waals surface area contributed by atoms with E-state index in [1.807, 2.05) is 0 Å². The van der Waals surface area contributed by atoms with Crippen molar-refractivity contribution < 1.29 is 56.8 Å². The van der Waals surface area contributed by atoms with Crippen LogP contribution in [0.5, 0.6) is 0 Å². The third-order valence-electron chi connectivity index (χ3n) is 9.22. The molecule has 0 spiro atoms. The van der Waals surface area contributed by atoms with E-state index in [2.05, 4.69) is 50.3 Å². The Morgan fingerprint density at radius 1 is 0.630 bits per heavy atom. The zero-order valence-corrected chi connectivity index (χ0v) is 33.9. The van der Waals surface area contributed by atoms with Gasteiger partial charge in [0.1, 0.15) is 36.8 Å². The molecule has 0 aromatic heterocycles. The van der Waals surface area contributed by atoms with Gasteiger partial charge in [-0.3, -0.25) is 14.1 Å². The molecule has 0 saturated carbocycles. The standard InChI is InChI=1S/C41H72O12S/c1-3-5-7-9-11-13-14-15-16-17-18-19-20-22-23-25-27-29-36(42)50-31-34(52-37(43)30-28-26-24-21-12-10-8-6-4-2)32-51-41-40(46)39(45)38(44)35(53-41)33-54(47,48)49/h11,13,15-16,18-19,34-35,38-41,44-46H,3-10,12,14,17,20-33H2,1-2H3,(H,47,48,49)/b13-11+,16-15+,19-18+/t34-,35-,38-,39?,40?,41+/m1/s1. The highest BCUT2D eigenvalue weighted by atomic mass is 32.2. The minimum atomic E-state index is -4.60. The Labute approximate surface area is 325 Å². The molecule has 1 fully saturated rings. The lowest BCUT2D eigenvalue weighted by Gasteiger charge is -2.40. The first-order valence-electron chi connectivity index (χ1n) is 20.5. The Morgan fingerprint density at radius 3 is 1.69 bits per heavy atom. The highest BCUT2D eigenvalue weighted by Crippen LogP contribution is 2.24. The molecule has 0 amide bonds. The van der Waals surface area contributed by atoms with Crippen molar-refractivity contribution in [2.45, 2.75) is 192 Å². The third kappa shape index (κ3) is 26.6. The summed E-state index contributed by atoms with van der Waals surface area (Å²) in [4.78, 5) is 25.2. The second kappa shape index (κ2) is 32.0. The molecule has 1 saturated heterocycles. The quantitative estimate of drug-likeness (QED) is 0.0223. The van der Waals surface area contributed by atoms with Crippen LogP contribution in [-0.2, 0) is 38.7 Å². The second-order valence-corrected chi connectivity index (χ2v) is 15.8. The van der Waals surface area contributed by atoms with Crippen molar-refractivity contribution in [3.63, 3.8) is 0 Å². The Balaban J connectivity index is 2.48. The molecule has 0 aliphatic carbocycles. The molecular formula is C41H72O12S. The van der Waals surface area contributed by atoms with Crippen molar-refractivity contribution in [2.75, 3.05) is 19.0 Å². The lowest BCUT2D eigenvalue weighted by Crippen LogP contribution is -2.60. The lowest BCUT2D eigenvalue weighted by atomic mass is 10.00. The van der Waals surface area contributed by atoms with Crippen LogP contribution in [0.3, 0.4) is 0 Å². The molecule has 0 aromatic carbocycles. The number of aliphatic hydroxyl groups excluding tert-OH is 3. The summed E-state index contributed by atoms with van der Waals surface area (Å²) in [5.74, 6) is -2.01. The molecule has 314 valence electrons. The zero-order chi connectivity index (χ0) is 39.9. The first-order chi connectivity index (χ1) is 26.0. The van der Waals surface area contributed by atoms with E-state index in [0.717, 1.165) is 64.2 Å². The van der Waals surface area contributed by atoms with E-state index < -0.39 is 71.2 Å². The van der Waals surface area contributed by atoms with Gasteiger partial charge in [-0.05, 0) is 51.4 Å². The molecule has 2 unspecified atom stereocenters. The average Bonchev–Trinajstić information content (AvgIpc) is 3.13. The van der Waals surface area contributed by atoms with E-state index in [1.54, 1.807) is 0 Å². The van der Waals surface area contributed by atoms with Crippen molar-refractivity contribution >= 4 is 22.1 Å². The number of hydrogen-bond acceptors (Lipinski definition) is 11. The van der Waals surface area contributed by atoms with Gasteiger partial charge in [-0.2, -0.15) is 8.42 Å². The monoisotopic (exact) mass is 788 g/mol. The fraction of sp³-hybridized carbons (Fsp3) is 0.805. The number of aliphatic hydroxyl groups is 3. The minimum Gasteiger partial charge on any atom is -0.462 e. The van der Waals surface area contributed by atoms with Crippen LogP contribution in [0, 0.1) is 0 Å². The van der Waals surface area contributed by atoms with Crippen LogP contribution in [0.15, 0.2) is 36.5 Å². The Morgan fingerprint density at radius 2 is 1.11 bits per heavy atom. The van der Waals surface area contributed by atoms with Crippen LogP contribution < -0.4 is 0 Å². The van der Waals surface area contributed by atoms with E-state index in [-0.39, 0.29) is 19.4 Å². The Kier molecular flexibility index (Phi) is 29.6. The summed E-state index contributed by atoms with van der Waals surface area (Å²) in [6.07, 6.45) is 24.9. The third-order valence-corrected chi connectivity index (χ3v) is 9.97. The minimum absolute atomic E-state index is 0.160. The predicted octanol–water partition coefficient (Wildman–Crippen LogP) is 7.44. The van der Waals surface area contributed by atoms with Crippen LogP contribution in [-0.4, -0.2) is 96.0 Å². The topological polar surface area (TPSA) is 186 Å². The number of unbranched alkanes of at least 4 members (excludes halogenated alkanes) is 15. The lowest BCUT2D eigenvalue weighted by molar-refractivity contribution is -0.297. The predicted molar refractivity (Wildman–Crippen MR) is 210 cm³/mol. The summed E-state index contributed by atoms with van der Waals surface area (Å²) in [5.41, 5.74) is 0. The molecule has 1 rings (SSSR count). The number of rotatable bonds is 33. The summed E-state index contributed by atoms with van der Waals surface area (Å²) in [6, 6.07) is 0. The fourth-order valence-corrected chi connectivity index (χ4v) is 6.67. The van der Waals surface area contributed by atoms with Crippen LogP contribution in [0.4, 0.5) is 0 Å². The van der Waals surface area contributed by atoms with Crippen molar-refractivity contribution in [3.05, 3.63) is 36.5 Å². The van der Waals surface area contributed by atoms with Gasteiger partial charge >= 0.3 is 11.9 Å². The van der Waals surface area contributed by atoms with Gasteiger partial charge in [0.2, 0.25) is 0 Å². The SMILES string of the molecule is CCCCC/C=C/C/C=C/C/C=C/CCCCCCC(=O)OC[C@H](CO[C@H]1O[C@H](CS(=O)(=O)O)[C@@H](O)C(O)C1O)OC(=O)CCCCCCCCCCC. The maximum absolute atomic E-state index is 12.7. The normalized spacial score (nSPS) is 21.3. The van der Waals surface area contributed by atoms with Crippen LogP contribution in [0.25, 0.3) is 0 Å². The number of ether oxygens (including phenoxy) is 4. The number of esters is 2. The van der Waals surface area contributed by atoms with Gasteiger partial charge in [-0.15, -0.1) is 0 Å². The van der Waals surface area contributed by atoms with E-state index >= 15 is 0 Å². The van der Waals surface area contributed by atoms with Gasteiger partial charge in [0.15, 0.2) is 12.4 Å². The molecule has 0 bridgehead atoms. The molecule has 0 radical (unpaired) electrons. The maximum Gasteiger partial charge on any atom is 0.306 e. The summed E-state index contributed by atoms with van der Waals surface area (Å²) in [7, 11) is -4.60. The molecule has 12 nitrogen and oxygen atoms in total. The molecule has 54 heavy (non-hydrogen) atoms. The fourth-order valence-electron chi connectivity index (χ4n) is 5.98. The molecule has 1 aliphatic rings. The van der Waals surface area contributed by atoms with Gasteiger partial charge in [0.05, 0.1) is 6.61 Å². The van der Waals surface area contributed by atoms with Gasteiger partial charge in [-0.25, -0.2) is 0 Å². The van der Waals surface area contributed by atoms with Gasteiger partial charge in [0.25, 0.3) is 10.1 Å². The second-order valence-electron chi connectivity index (χ2n) is 14.3. The van der Waals surface area contributed by atoms with Gasteiger partial charge in [0, 0.05) is 12.8 Å². The molecular weight excluding hydrogens is 717 g/mol. The van der Waals surface area contributed by atoms with Crippen molar-refractivity contribution in [2.24, 2.45) is 0 Å². The summed E-state index contributed by atoms with van der Waals surface area (Å²) < 4.78 is 53.8. The molecule has 1 aliphatic heterocycles. The molecule has 1 heterocycles. The average molecular weight is 789 g/mol. The van der Waals surface area contributed by atoms with Gasteiger partial charge < -0.3 is 34.3 Å². The number of allylic oxidation sites excluding steroid dienone is 6. The van der Waals surface area contributed by atoms with E-state index in [9.17, 15) is 37.9 Å². The summed E-state index contributed by atoms with van der Waals surface area (Å²) >= 11 is 0. The van der Waals surface area contributed by atoms with E-state index in [0.29, 0.717) is 12.8 Å². The molecule has 4 N–H and O–H groups in total. The maximum atomic E-state index is 12.7. The summed E-state index contributed by atoms with van der Waals surface area (Å²) in [5, 5.41) is 30.7. The first kappa shape index (κ1) is 49.9. The number of hydrogen-bond donors (Lipinski definition) is 4. The smallest absolute Gasteiger partial charge is 0.306 e. The summed E-state index contributed by atoms with van der Waals surface area (Å²) in [6.45, 7) is 3.66. The van der Waals surface area contributed by atoms with Crippen LogP contribution >= 0.6 is 0 Å². The molecule has 13 heteroatoms. The number of carbonyl (C=O) groups is 2. The number of carbonyl (C=O) groups excluding carboxylic acids is 2. The van der Waals surface area contributed by atoms with E-state index in [1.165, 1.54) is 51.4 Å². The van der Waals surface area contributed by atoms with E-state index in [4.69, 9.17) is 18.9 Å². The highest BCUT2D eigenvalue weighted by Gasteiger charge is 2.46. The van der Waals surface area contributed by atoms with Crippen molar-refractivity contribution in [1.29, 1.82) is 0 Å². The Hall–Kier alpha value is -2.13. The van der Waals surface area contributed by atoms with Crippen LogP contribution in [0.2, 0.25) is 0 Å². The Bertz CT molecular complexity index is 1150. The van der Waals surface area contributed by atoms with Gasteiger partial charge in [-0.1, -0.05) is 127 Å². The first-order valence-corrected chi connectivity index (χ1v) is 22.2. The van der Waals surface area contributed by atoms with Crippen molar-refractivity contribution in [1.82, 2.24) is 0 Å². The molecule has 0 aromatic rings. The zero-order valence-electron chi connectivity index (χ0n) is 33.1. The molecule has 6 atom stereocenters. The largest absolute Gasteiger partial charge is 0.462 e.